The maximum atomic E-state index is 13.0. The zero-order valence-electron chi connectivity index (χ0n) is 22.6. The molecule has 3 N–H and O–H groups in total. The first-order valence-corrected chi connectivity index (χ1v) is 13.1. The molecule has 1 unspecified atom stereocenters. The topological polar surface area (TPSA) is 96.5 Å². The molecule has 3 rings (SSSR count). The van der Waals surface area contributed by atoms with Gasteiger partial charge >= 0.3 is 6.09 Å². The first kappa shape index (κ1) is 29.4. The van der Waals surface area contributed by atoms with Crippen molar-refractivity contribution < 1.29 is 23.5 Å². The Morgan fingerprint density at radius 1 is 0.897 bits per heavy atom. The van der Waals surface area contributed by atoms with Crippen molar-refractivity contribution in [3.63, 3.8) is 0 Å². The number of unbranched alkanes of at least 4 members (excludes halogenated alkanes) is 1. The van der Waals surface area contributed by atoms with E-state index in [2.05, 4.69) is 16.0 Å². The zero-order chi connectivity index (χ0) is 28.3. The molecule has 0 aliphatic carbocycles. The van der Waals surface area contributed by atoms with Crippen LogP contribution in [0.1, 0.15) is 46.5 Å². The Morgan fingerprint density at radius 2 is 1.62 bits per heavy atom. The summed E-state index contributed by atoms with van der Waals surface area (Å²) in [5.41, 5.74) is 3.11. The van der Waals surface area contributed by atoms with E-state index in [9.17, 15) is 18.8 Å². The van der Waals surface area contributed by atoms with E-state index in [1.54, 1.807) is 20.8 Å². The average Bonchev–Trinajstić information content (AvgIpc) is 2.89. The van der Waals surface area contributed by atoms with Crippen LogP contribution in [0.15, 0.2) is 72.8 Å². The quantitative estimate of drug-likeness (QED) is 0.168. The molecule has 0 aromatic heterocycles. The van der Waals surface area contributed by atoms with Gasteiger partial charge in [0.1, 0.15) is 17.7 Å². The fourth-order valence-corrected chi connectivity index (χ4v) is 3.93. The van der Waals surface area contributed by atoms with Gasteiger partial charge < -0.3 is 20.2 Å². The molecule has 7 nitrogen and oxygen atoms in total. The Bertz CT molecular complexity index is 1240. The van der Waals surface area contributed by atoms with E-state index < -0.39 is 11.7 Å². The number of ether oxygens (including phenoxy) is 1. The summed E-state index contributed by atoms with van der Waals surface area (Å²) in [6.07, 6.45) is 2.56. The van der Waals surface area contributed by atoms with Crippen molar-refractivity contribution in [1.29, 1.82) is 0 Å². The largest absolute Gasteiger partial charge is 0.444 e. The van der Waals surface area contributed by atoms with Gasteiger partial charge in [0.2, 0.25) is 5.91 Å². The molecule has 8 heteroatoms. The summed E-state index contributed by atoms with van der Waals surface area (Å²) in [5.74, 6) is -0.793. The summed E-state index contributed by atoms with van der Waals surface area (Å²) in [5, 5.41) is 8.86. The van der Waals surface area contributed by atoms with E-state index in [4.69, 9.17) is 4.74 Å². The molecule has 0 aliphatic heterocycles. The van der Waals surface area contributed by atoms with Crippen LogP contribution in [0, 0.1) is 11.7 Å². The van der Waals surface area contributed by atoms with Crippen LogP contribution in [0.3, 0.4) is 0 Å². The number of benzene rings is 3. The van der Waals surface area contributed by atoms with Crippen molar-refractivity contribution >= 4 is 35.3 Å². The summed E-state index contributed by atoms with van der Waals surface area (Å²) in [7, 11) is 0. The Kier molecular flexibility index (Phi) is 10.6. The minimum atomic E-state index is -0.639. The molecule has 206 valence electrons. The molecular weight excluding hydrogens is 497 g/mol. The zero-order valence-corrected chi connectivity index (χ0v) is 22.6. The Balaban J connectivity index is 1.57. The third-order valence-electron chi connectivity index (χ3n) is 5.87. The highest BCUT2D eigenvalue weighted by molar-refractivity contribution is 5.91. The molecule has 0 saturated carbocycles. The summed E-state index contributed by atoms with van der Waals surface area (Å²) in [4.78, 5) is 36.4. The molecule has 3 aromatic rings. The lowest BCUT2D eigenvalue weighted by atomic mass is 10.0. The van der Waals surface area contributed by atoms with Gasteiger partial charge in [0.15, 0.2) is 0 Å². The van der Waals surface area contributed by atoms with E-state index in [-0.39, 0.29) is 17.6 Å². The van der Waals surface area contributed by atoms with Gasteiger partial charge in [-0.3, -0.25) is 10.1 Å². The number of hydrogen-bond donors (Lipinski definition) is 3. The molecule has 0 aliphatic rings. The van der Waals surface area contributed by atoms with E-state index in [0.717, 1.165) is 17.4 Å². The smallest absolute Gasteiger partial charge is 0.412 e. The number of carbonyl (C=O) groups excluding carboxylic acids is 3. The van der Waals surface area contributed by atoms with E-state index in [0.29, 0.717) is 49.3 Å². The SMILES string of the molecule is CC(C)(C)OC(=O)Nc1ccc(-c2ccccc2)cc1NCC(C=O)CCCCC(=O)Nc1ccc(F)cc1. The first-order valence-electron chi connectivity index (χ1n) is 13.1. The first-order chi connectivity index (χ1) is 18.6. The lowest BCUT2D eigenvalue weighted by molar-refractivity contribution is -0.116. The van der Waals surface area contributed by atoms with Crippen molar-refractivity contribution in [3.05, 3.63) is 78.6 Å². The van der Waals surface area contributed by atoms with Gasteiger partial charge in [0, 0.05) is 24.6 Å². The highest BCUT2D eigenvalue weighted by Crippen LogP contribution is 2.30. The molecule has 0 radical (unpaired) electrons. The van der Waals surface area contributed by atoms with Gasteiger partial charge in [0.05, 0.1) is 11.4 Å². The van der Waals surface area contributed by atoms with Crippen molar-refractivity contribution in [2.75, 3.05) is 22.5 Å². The fourth-order valence-electron chi connectivity index (χ4n) is 3.93. The maximum absolute atomic E-state index is 13.0. The number of aldehydes is 1. The van der Waals surface area contributed by atoms with Crippen LogP contribution in [-0.2, 0) is 14.3 Å². The van der Waals surface area contributed by atoms with Crippen LogP contribution in [0.5, 0.6) is 0 Å². The van der Waals surface area contributed by atoms with Gasteiger partial charge in [-0.2, -0.15) is 0 Å². The van der Waals surface area contributed by atoms with Gasteiger partial charge in [-0.05, 0) is 81.1 Å². The van der Waals surface area contributed by atoms with Crippen LogP contribution >= 0.6 is 0 Å². The van der Waals surface area contributed by atoms with Crippen molar-refractivity contribution in [3.8, 4) is 11.1 Å². The van der Waals surface area contributed by atoms with Gasteiger partial charge in [-0.1, -0.05) is 42.8 Å². The number of carbonyl (C=O) groups is 3. The molecule has 2 amide bonds. The summed E-state index contributed by atoms with van der Waals surface area (Å²) < 4.78 is 18.4. The Labute approximate surface area is 229 Å². The van der Waals surface area contributed by atoms with Crippen LogP contribution in [0.25, 0.3) is 11.1 Å². The molecule has 1 atom stereocenters. The molecule has 0 heterocycles. The number of amides is 2. The van der Waals surface area contributed by atoms with Gasteiger partial charge in [0.25, 0.3) is 0 Å². The molecule has 39 heavy (non-hydrogen) atoms. The lowest BCUT2D eigenvalue weighted by Crippen LogP contribution is -2.27. The molecule has 0 saturated heterocycles. The number of nitrogens with one attached hydrogen (secondary N) is 3. The summed E-state index contributed by atoms with van der Waals surface area (Å²) in [6, 6.07) is 21.1. The highest BCUT2D eigenvalue weighted by atomic mass is 19.1. The van der Waals surface area contributed by atoms with Crippen molar-refractivity contribution in [2.24, 2.45) is 5.92 Å². The maximum Gasteiger partial charge on any atom is 0.412 e. The number of rotatable bonds is 12. The van der Waals surface area contributed by atoms with Crippen molar-refractivity contribution in [1.82, 2.24) is 0 Å². The fraction of sp³-hybridized carbons (Fsp3) is 0.323. The molecule has 0 spiro atoms. The predicted octanol–water partition coefficient (Wildman–Crippen LogP) is 7.27. The Hall–Kier alpha value is -4.20. The molecular formula is C31H36FN3O4. The molecule has 0 fully saturated rings. The van der Waals surface area contributed by atoms with E-state index >= 15 is 0 Å². The van der Waals surface area contributed by atoms with Gasteiger partial charge in [-0.25, -0.2) is 9.18 Å². The van der Waals surface area contributed by atoms with E-state index in [1.165, 1.54) is 24.3 Å². The van der Waals surface area contributed by atoms with Gasteiger partial charge in [-0.15, -0.1) is 0 Å². The lowest BCUT2D eigenvalue weighted by Gasteiger charge is -2.21. The number of halogens is 1. The van der Waals surface area contributed by atoms with Crippen LogP contribution in [-0.4, -0.2) is 30.4 Å². The monoisotopic (exact) mass is 533 g/mol. The van der Waals surface area contributed by atoms with Crippen molar-refractivity contribution in [2.45, 2.75) is 52.1 Å². The van der Waals surface area contributed by atoms with E-state index in [1.807, 2.05) is 48.5 Å². The highest BCUT2D eigenvalue weighted by Gasteiger charge is 2.18. The second-order valence-corrected chi connectivity index (χ2v) is 10.3. The second kappa shape index (κ2) is 14.1. The standard InChI is InChI=1S/C31H36FN3O4/c1-31(2,3)39-30(38)35-27-18-13-24(23-10-5-4-6-11-23)19-28(27)33-20-22(21-36)9-7-8-12-29(37)34-26-16-14-25(32)15-17-26/h4-6,10-11,13-19,21-22,33H,7-9,12,20H2,1-3H3,(H,34,37)(H,35,38). The predicted molar refractivity (Wildman–Crippen MR) is 153 cm³/mol. The molecule has 3 aromatic carbocycles. The van der Waals surface area contributed by atoms with Crippen LogP contribution < -0.4 is 16.0 Å². The normalized spacial score (nSPS) is 11.8. The van der Waals surface area contributed by atoms with Crippen LogP contribution in [0.2, 0.25) is 0 Å². The number of hydrogen-bond acceptors (Lipinski definition) is 5. The minimum Gasteiger partial charge on any atom is -0.444 e. The Morgan fingerprint density at radius 3 is 2.28 bits per heavy atom. The summed E-state index contributed by atoms with van der Waals surface area (Å²) >= 11 is 0. The third kappa shape index (κ3) is 10.2. The molecule has 0 bridgehead atoms. The summed E-state index contributed by atoms with van der Waals surface area (Å²) in [6.45, 7) is 5.76. The average molecular weight is 534 g/mol. The second-order valence-electron chi connectivity index (χ2n) is 10.3. The van der Waals surface area contributed by atoms with Crippen LogP contribution in [0.4, 0.5) is 26.2 Å². The third-order valence-corrected chi connectivity index (χ3v) is 5.87. The number of anilines is 3. The minimum absolute atomic E-state index is 0.155.